The van der Waals surface area contributed by atoms with Crippen molar-refractivity contribution in [2.24, 2.45) is 0 Å². The highest BCUT2D eigenvalue weighted by molar-refractivity contribution is 6.33. The van der Waals surface area contributed by atoms with Crippen LogP contribution in [0.5, 0.6) is 0 Å². The fourth-order valence-corrected chi connectivity index (χ4v) is 2.46. The van der Waals surface area contributed by atoms with E-state index in [-0.39, 0.29) is 21.9 Å². The highest BCUT2D eigenvalue weighted by Crippen LogP contribution is 2.34. The maximum Gasteiger partial charge on any atom is 0.417 e. The molecule has 0 spiro atoms. The quantitative estimate of drug-likeness (QED) is 0.507. The summed E-state index contributed by atoms with van der Waals surface area (Å²) in [6.45, 7) is 0. The molecule has 1 aromatic carbocycles. The Balaban J connectivity index is 2.14. The first kappa shape index (κ1) is 16.6. The van der Waals surface area contributed by atoms with Crippen molar-refractivity contribution in [2.75, 3.05) is 0 Å². The largest absolute Gasteiger partial charge is 0.417 e. The lowest BCUT2D eigenvalue weighted by molar-refractivity contribution is -0.138. The van der Waals surface area contributed by atoms with Crippen molar-refractivity contribution in [2.45, 2.75) is 12.4 Å². The second-order valence-corrected chi connectivity index (χ2v) is 5.42. The fraction of sp³-hybridized carbons (Fsp3) is 0.133. The van der Waals surface area contributed by atoms with Crippen molar-refractivity contribution in [1.82, 2.24) is 9.38 Å². The molecule has 0 saturated carbocycles. The highest BCUT2D eigenvalue weighted by Gasteiger charge is 2.32. The maximum atomic E-state index is 12.8. The predicted molar refractivity (Wildman–Crippen MR) is 75.6 cm³/mol. The van der Waals surface area contributed by atoms with Crippen LogP contribution in [-0.2, 0) is 12.4 Å². The van der Waals surface area contributed by atoms with Gasteiger partial charge in [0.25, 0.3) is 0 Å². The van der Waals surface area contributed by atoms with Crippen LogP contribution < -0.4 is 0 Å². The number of aromatic nitrogens is 2. The van der Waals surface area contributed by atoms with Gasteiger partial charge in [-0.3, -0.25) is 0 Å². The van der Waals surface area contributed by atoms with Gasteiger partial charge in [-0.25, -0.2) is 4.98 Å². The molecule has 0 aliphatic carbocycles. The molecule has 2 aromatic heterocycles. The summed E-state index contributed by atoms with van der Waals surface area (Å²) in [5.41, 5.74) is -1.62. The summed E-state index contributed by atoms with van der Waals surface area (Å²) in [7, 11) is 0. The van der Waals surface area contributed by atoms with Gasteiger partial charge in [0.05, 0.1) is 21.8 Å². The minimum Gasteiger partial charge on any atom is -0.305 e. The zero-order valence-electron chi connectivity index (χ0n) is 11.6. The number of benzene rings is 1. The molecule has 0 unspecified atom stereocenters. The van der Waals surface area contributed by atoms with E-state index in [0.717, 1.165) is 28.8 Å². The van der Waals surface area contributed by atoms with Gasteiger partial charge < -0.3 is 4.40 Å². The average Bonchev–Trinajstić information content (AvgIpc) is 2.90. The maximum absolute atomic E-state index is 12.8. The van der Waals surface area contributed by atoms with Crippen LogP contribution in [-0.4, -0.2) is 9.38 Å². The van der Waals surface area contributed by atoms with Gasteiger partial charge >= 0.3 is 12.4 Å². The normalized spacial score (nSPS) is 12.8. The summed E-state index contributed by atoms with van der Waals surface area (Å²) in [5.74, 6) is 0. The second-order valence-electron chi connectivity index (χ2n) is 5.01. The third-order valence-corrected chi connectivity index (χ3v) is 3.60. The van der Waals surface area contributed by atoms with E-state index in [1.807, 2.05) is 0 Å². The van der Waals surface area contributed by atoms with Crippen LogP contribution >= 0.6 is 11.6 Å². The number of fused-ring (bicyclic) bond motifs is 1. The van der Waals surface area contributed by atoms with Gasteiger partial charge in [0.2, 0.25) is 0 Å². The molecule has 126 valence electrons. The molecule has 0 fully saturated rings. The predicted octanol–water partition coefficient (Wildman–Crippen LogP) is 5.69. The Labute approximate surface area is 136 Å². The van der Waals surface area contributed by atoms with Gasteiger partial charge in [-0.15, -0.1) is 0 Å². The molecule has 0 bridgehead atoms. The van der Waals surface area contributed by atoms with Crippen molar-refractivity contribution < 1.29 is 26.3 Å². The Morgan fingerprint density at radius 2 is 1.54 bits per heavy atom. The summed E-state index contributed by atoms with van der Waals surface area (Å²) in [6.07, 6.45) is -7.15. The standard InChI is InChI=1S/C15H7ClF6N2/c16-11-5-10(15(20,21)22)6-24-7-12(23-13(11)24)8-2-1-3-9(4-8)14(17,18)19/h1-7H. The number of imidazole rings is 1. The molecule has 2 heterocycles. The smallest absolute Gasteiger partial charge is 0.305 e. The van der Waals surface area contributed by atoms with E-state index >= 15 is 0 Å². The number of pyridine rings is 1. The van der Waals surface area contributed by atoms with Gasteiger partial charge in [-0.05, 0) is 18.2 Å². The van der Waals surface area contributed by atoms with Gasteiger partial charge in [0.15, 0.2) is 5.65 Å². The van der Waals surface area contributed by atoms with Crippen LogP contribution in [0.2, 0.25) is 5.02 Å². The van der Waals surface area contributed by atoms with E-state index in [9.17, 15) is 26.3 Å². The topological polar surface area (TPSA) is 17.3 Å². The van der Waals surface area contributed by atoms with E-state index < -0.39 is 23.5 Å². The monoisotopic (exact) mass is 364 g/mol. The third-order valence-electron chi connectivity index (χ3n) is 3.32. The van der Waals surface area contributed by atoms with Crippen molar-refractivity contribution >= 4 is 17.2 Å². The number of hydrogen-bond acceptors (Lipinski definition) is 1. The van der Waals surface area contributed by atoms with Crippen LogP contribution in [0, 0.1) is 0 Å². The summed E-state index contributed by atoms with van der Waals surface area (Å²) in [4.78, 5) is 4.03. The summed E-state index contributed by atoms with van der Waals surface area (Å²) in [5, 5.41) is -0.247. The Hall–Kier alpha value is -2.22. The summed E-state index contributed by atoms with van der Waals surface area (Å²) < 4.78 is 77.7. The van der Waals surface area contributed by atoms with E-state index in [1.54, 1.807) is 0 Å². The molecule has 9 heteroatoms. The van der Waals surface area contributed by atoms with E-state index in [4.69, 9.17) is 11.6 Å². The molecule has 3 rings (SSSR count). The van der Waals surface area contributed by atoms with E-state index in [2.05, 4.69) is 4.98 Å². The van der Waals surface area contributed by atoms with Gasteiger partial charge in [-0.2, -0.15) is 26.3 Å². The van der Waals surface area contributed by atoms with Gasteiger partial charge in [0, 0.05) is 18.0 Å². The molecule has 0 amide bonds. The number of rotatable bonds is 1. The van der Waals surface area contributed by atoms with Crippen LogP contribution in [0.4, 0.5) is 26.3 Å². The van der Waals surface area contributed by atoms with Crippen LogP contribution in [0.1, 0.15) is 11.1 Å². The number of alkyl halides is 6. The van der Waals surface area contributed by atoms with E-state index in [0.29, 0.717) is 0 Å². The lowest BCUT2D eigenvalue weighted by atomic mass is 10.1. The minimum atomic E-state index is -4.60. The lowest BCUT2D eigenvalue weighted by Gasteiger charge is -2.07. The molecule has 2 nitrogen and oxygen atoms in total. The second kappa shape index (κ2) is 5.41. The SMILES string of the molecule is FC(F)(F)c1cccc(-c2cn3cc(C(F)(F)F)cc(Cl)c3n2)c1. The zero-order valence-corrected chi connectivity index (χ0v) is 12.3. The molecule has 3 aromatic rings. The van der Waals surface area contributed by atoms with E-state index in [1.165, 1.54) is 18.3 Å². The molecule has 24 heavy (non-hydrogen) atoms. The molecule has 0 aliphatic rings. The van der Waals surface area contributed by atoms with Crippen molar-refractivity contribution in [1.29, 1.82) is 0 Å². The average molecular weight is 365 g/mol. The molecular weight excluding hydrogens is 358 g/mol. The van der Waals surface area contributed by atoms with Crippen LogP contribution in [0.3, 0.4) is 0 Å². The molecule has 0 saturated heterocycles. The number of hydrogen-bond donors (Lipinski definition) is 0. The first-order valence-electron chi connectivity index (χ1n) is 6.49. The first-order valence-corrected chi connectivity index (χ1v) is 6.86. The van der Waals surface area contributed by atoms with Crippen molar-refractivity contribution in [3.8, 4) is 11.3 Å². The number of nitrogens with zero attached hydrogens (tertiary/aromatic N) is 2. The zero-order chi connectivity index (χ0) is 17.7. The summed E-state index contributed by atoms with van der Waals surface area (Å²) in [6, 6.07) is 5.08. The first-order chi connectivity index (χ1) is 11.1. The summed E-state index contributed by atoms with van der Waals surface area (Å²) >= 11 is 5.81. The minimum absolute atomic E-state index is 0.0251. The molecular formula is C15H7ClF6N2. The Kier molecular flexibility index (Phi) is 3.75. The van der Waals surface area contributed by atoms with Gasteiger partial charge in [-0.1, -0.05) is 23.7 Å². The fourth-order valence-electron chi connectivity index (χ4n) is 2.21. The van der Waals surface area contributed by atoms with Crippen molar-refractivity contribution in [3.05, 3.63) is 58.9 Å². The number of halogens is 7. The molecule has 0 radical (unpaired) electrons. The Bertz CT molecular complexity index is 910. The highest BCUT2D eigenvalue weighted by atomic mass is 35.5. The van der Waals surface area contributed by atoms with Crippen LogP contribution in [0.25, 0.3) is 16.9 Å². The molecule has 0 N–H and O–H groups in total. The van der Waals surface area contributed by atoms with Crippen LogP contribution in [0.15, 0.2) is 42.7 Å². The molecule has 0 atom stereocenters. The Morgan fingerprint density at radius 1 is 0.875 bits per heavy atom. The van der Waals surface area contributed by atoms with Crippen molar-refractivity contribution in [3.63, 3.8) is 0 Å². The lowest BCUT2D eigenvalue weighted by Crippen LogP contribution is -2.06. The molecule has 0 aliphatic heterocycles. The Morgan fingerprint density at radius 3 is 2.17 bits per heavy atom. The third kappa shape index (κ3) is 3.06. The van der Waals surface area contributed by atoms with Gasteiger partial charge in [0.1, 0.15) is 0 Å².